The molecule has 0 unspecified atom stereocenters. The Balaban J connectivity index is 2.01. The number of carbonyl (C=O) groups excluding carboxylic acids is 1. The van der Waals surface area contributed by atoms with Crippen molar-refractivity contribution in [1.29, 1.82) is 0 Å². The first kappa shape index (κ1) is 13.6. The van der Waals surface area contributed by atoms with Gasteiger partial charge in [0.2, 0.25) is 0 Å². The molecule has 0 spiro atoms. The molecule has 0 saturated heterocycles. The Labute approximate surface area is 117 Å². The van der Waals surface area contributed by atoms with Gasteiger partial charge >= 0.3 is 0 Å². The molecular weight excluding hydrogens is 290 g/mol. The summed E-state index contributed by atoms with van der Waals surface area (Å²) in [5.74, 6) is 0.0614. The molecule has 1 fully saturated rings. The lowest BCUT2D eigenvalue weighted by molar-refractivity contribution is 0.0933. The number of benzene rings is 1. The molecule has 1 aromatic rings. The fourth-order valence-electron chi connectivity index (χ4n) is 2.56. The second-order valence-electron chi connectivity index (χ2n) is 5.18. The third-order valence-electron chi connectivity index (χ3n) is 3.49. The summed E-state index contributed by atoms with van der Waals surface area (Å²) in [6.45, 7) is 2.01. The van der Waals surface area contributed by atoms with Gasteiger partial charge in [-0.2, -0.15) is 0 Å². The summed E-state index contributed by atoms with van der Waals surface area (Å²) in [7, 11) is 0. The summed E-state index contributed by atoms with van der Waals surface area (Å²) in [6, 6.07) is 6.21. The van der Waals surface area contributed by atoms with Gasteiger partial charge in [0, 0.05) is 16.1 Å². The number of aryl methyl sites for hydroxylation is 1. The quantitative estimate of drug-likeness (QED) is 0.815. The van der Waals surface area contributed by atoms with Crippen LogP contribution in [-0.2, 0) is 0 Å². The van der Waals surface area contributed by atoms with Crippen LogP contribution in [0.4, 0.5) is 0 Å². The minimum Gasteiger partial charge on any atom is -0.349 e. The van der Waals surface area contributed by atoms with E-state index >= 15 is 0 Å². The highest BCUT2D eigenvalue weighted by Crippen LogP contribution is 2.19. The lowest BCUT2D eigenvalue weighted by Gasteiger charge is -2.16. The monoisotopic (exact) mass is 309 g/mol. The largest absolute Gasteiger partial charge is 0.349 e. The second kappa shape index (κ2) is 6.37. The van der Waals surface area contributed by atoms with E-state index in [0.29, 0.717) is 6.04 Å². The predicted octanol–water partition coefficient (Wildman–Crippen LogP) is 4.21. The lowest BCUT2D eigenvalue weighted by atomic mass is 10.1. The normalized spacial score (nSPS) is 17.2. The van der Waals surface area contributed by atoms with Crippen LogP contribution in [0.5, 0.6) is 0 Å². The number of hydrogen-bond donors (Lipinski definition) is 1. The maximum absolute atomic E-state index is 12.2. The van der Waals surface area contributed by atoms with Crippen molar-refractivity contribution in [3.63, 3.8) is 0 Å². The molecule has 0 atom stereocenters. The Kier molecular flexibility index (Phi) is 4.81. The molecule has 0 bridgehead atoms. The van der Waals surface area contributed by atoms with E-state index in [2.05, 4.69) is 21.2 Å². The molecule has 2 rings (SSSR count). The van der Waals surface area contributed by atoms with Gasteiger partial charge in [-0.05, 0) is 43.5 Å². The molecule has 0 aliphatic heterocycles. The van der Waals surface area contributed by atoms with Crippen molar-refractivity contribution in [2.75, 3.05) is 0 Å². The van der Waals surface area contributed by atoms with Crippen molar-refractivity contribution >= 4 is 21.8 Å². The van der Waals surface area contributed by atoms with Gasteiger partial charge in [-0.1, -0.05) is 41.6 Å². The predicted molar refractivity (Wildman–Crippen MR) is 77.8 cm³/mol. The van der Waals surface area contributed by atoms with E-state index in [1.165, 1.54) is 25.7 Å². The van der Waals surface area contributed by atoms with Crippen LogP contribution in [0.3, 0.4) is 0 Å². The number of rotatable bonds is 2. The van der Waals surface area contributed by atoms with E-state index < -0.39 is 0 Å². The number of nitrogens with one attached hydrogen (secondary N) is 1. The van der Waals surface area contributed by atoms with Crippen LogP contribution in [0.2, 0.25) is 0 Å². The summed E-state index contributed by atoms with van der Waals surface area (Å²) in [4.78, 5) is 12.2. The van der Waals surface area contributed by atoms with Gasteiger partial charge in [0.25, 0.3) is 5.91 Å². The molecule has 1 aliphatic rings. The average Bonchev–Trinajstić information content (AvgIpc) is 2.56. The molecule has 1 aliphatic carbocycles. The van der Waals surface area contributed by atoms with Gasteiger partial charge < -0.3 is 5.32 Å². The van der Waals surface area contributed by atoms with E-state index in [1.54, 1.807) is 0 Å². The van der Waals surface area contributed by atoms with Gasteiger partial charge in [0.15, 0.2) is 0 Å². The summed E-state index contributed by atoms with van der Waals surface area (Å²) in [6.07, 6.45) is 7.34. The highest BCUT2D eigenvalue weighted by atomic mass is 79.9. The van der Waals surface area contributed by atoms with E-state index in [9.17, 15) is 4.79 Å². The Morgan fingerprint density at radius 1 is 1.17 bits per heavy atom. The minimum absolute atomic E-state index is 0.0614. The van der Waals surface area contributed by atoms with Crippen LogP contribution < -0.4 is 5.32 Å². The van der Waals surface area contributed by atoms with Crippen LogP contribution >= 0.6 is 15.9 Å². The fraction of sp³-hybridized carbons (Fsp3) is 0.533. The topological polar surface area (TPSA) is 29.1 Å². The van der Waals surface area contributed by atoms with E-state index in [4.69, 9.17) is 0 Å². The zero-order valence-electron chi connectivity index (χ0n) is 10.8. The van der Waals surface area contributed by atoms with Crippen molar-refractivity contribution in [2.45, 2.75) is 51.5 Å². The molecule has 18 heavy (non-hydrogen) atoms. The average molecular weight is 310 g/mol. The van der Waals surface area contributed by atoms with Gasteiger partial charge in [-0.3, -0.25) is 4.79 Å². The van der Waals surface area contributed by atoms with Crippen molar-refractivity contribution in [3.8, 4) is 0 Å². The molecule has 2 nitrogen and oxygen atoms in total. The molecule has 1 amide bonds. The Bertz CT molecular complexity index is 402. The maximum Gasteiger partial charge on any atom is 0.251 e. The van der Waals surface area contributed by atoms with Crippen LogP contribution in [0, 0.1) is 6.92 Å². The summed E-state index contributed by atoms with van der Waals surface area (Å²) >= 11 is 3.44. The van der Waals surface area contributed by atoms with Crippen LogP contribution in [0.25, 0.3) is 0 Å². The van der Waals surface area contributed by atoms with E-state index in [-0.39, 0.29) is 5.91 Å². The molecule has 98 valence electrons. The first-order valence-corrected chi connectivity index (χ1v) is 7.52. The Morgan fingerprint density at radius 3 is 2.44 bits per heavy atom. The van der Waals surface area contributed by atoms with Crippen molar-refractivity contribution in [1.82, 2.24) is 5.32 Å². The second-order valence-corrected chi connectivity index (χ2v) is 6.09. The number of hydrogen-bond acceptors (Lipinski definition) is 1. The van der Waals surface area contributed by atoms with Gasteiger partial charge in [-0.15, -0.1) is 0 Å². The molecular formula is C15H20BrNO. The van der Waals surface area contributed by atoms with Crippen molar-refractivity contribution < 1.29 is 4.79 Å². The minimum atomic E-state index is 0.0614. The van der Waals surface area contributed by atoms with E-state index in [0.717, 1.165) is 28.4 Å². The third-order valence-corrected chi connectivity index (χ3v) is 3.95. The summed E-state index contributed by atoms with van der Waals surface area (Å²) in [5.41, 5.74) is 1.86. The molecule has 0 heterocycles. The molecule has 3 heteroatoms. The van der Waals surface area contributed by atoms with Gasteiger partial charge in [0.05, 0.1) is 0 Å². The van der Waals surface area contributed by atoms with Gasteiger partial charge in [-0.25, -0.2) is 0 Å². The highest BCUT2D eigenvalue weighted by Gasteiger charge is 2.16. The number of carbonyl (C=O) groups is 1. The van der Waals surface area contributed by atoms with Crippen LogP contribution in [0.1, 0.15) is 54.4 Å². The molecule has 1 N–H and O–H groups in total. The molecule has 1 aromatic carbocycles. The number of amides is 1. The van der Waals surface area contributed by atoms with Crippen molar-refractivity contribution in [2.24, 2.45) is 0 Å². The first-order valence-electron chi connectivity index (χ1n) is 6.73. The van der Waals surface area contributed by atoms with Gasteiger partial charge in [0.1, 0.15) is 0 Å². The molecule has 0 radical (unpaired) electrons. The van der Waals surface area contributed by atoms with E-state index in [1.807, 2.05) is 25.1 Å². The first-order chi connectivity index (χ1) is 8.65. The lowest BCUT2D eigenvalue weighted by Crippen LogP contribution is -2.34. The highest BCUT2D eigenvalue weighted by molar-refractivity contribution is 9.10. The Hall–Kier alpha value is -0.830. The van der Waals surface area contributed by atoms with Crippen molar-refractivity contribution in [3.05, 3.63) is 33.8 Å². The zero-order valence-corrected chi connectivity index (χ0v) is 12.4. The summed E-state index contributed by atoms with van der Waals surface area (Å²) < 4.78 is 0.966. The fourth-order valence-corrected chi connectivity index (χ4v) is 3.17. The maximum atomic E-state index is 12.2. The third kappa shape index (κ3) is 3.84. The van der Waals surface area contributed by atoms with Crippen LogP contribution in [0.15, 0.2) is 22.7 Å². The Morgan fingerprint density at radius 2 is 1.83 bits per heavy atom. The summed E-state index contributed by atoms with van der Waals surface area (Å²) in [5, 5.41) is 3.17. The standard InChI is InChI=1S/C15H20BrNO/c1-11-8-12(10-13(16)9-11)15(18)17-14-6-4-2-3-5-7-14/h8-10,14H,2-7H2,1H3,(H,17,18). The molecule has 0 aromatic heterocycles. The van der Waals surface area contributed by atoms with Crippen LogP contribution in [-0.4, -0.2) is 11.9 Å². The smallest absolute Gasteiger partial charge is 0.251 e. The number of halogens is 1. The zero-order chi connectivity index (χ0) is 13.0. The SMILES string of the molecule is Cc1cc(Br)cc(C(=O)NC2CCCCCC2)c1. The molecule has 1 saturated carbocycles.